The van der Waals surface area contributed by atoms with Crippen molar-refractivity contribution in [3.05, 3.63) is 65.2 Å². The molecule has 0 saturated carbocycles. The predicted octanol–water partition coefficient (Wildman–Crippen LogP) is 3.05. The van der Waals surface area contributed by atoms with E-state index in [9.17, 15) is 4.79 Å². The quantitative estimate of drug-likeness (QED) is 0.503. The van der Waals surface area contributed by atoms with E-state index in [1.165, 1.54) is 0 Å². The van der Waals surface area contributed by atoms with E-state index in [1.54, 1.807) is 32.4 Å². The Hall–Kier alpha value is -3.94. The standard InChI is InChI=1S/C22H21N7O/c1-4-28-19-11-25-18-6-5-14(15-7-16(23)10-24-9-15)8-17(18)21(19)29(22(28)30)20-12-27(3)26-13(20)2/h5-12H,4,23H2,1-3H3. The third kappa shape index (κ3) is 2.61. The van der Waals surface area contributed by atoms with E-state index in [2.05, 4.69) is 15.1 Å². The van der Waals surface area contributed by atoms with Crippen molar-refractivity contribution in [2.45, 2.75) is 20.4 Å². The fourth-order valence-electron chi connectivity index (χ4n) is 4.05. The third-order valence-corrected chi connectivity index (χ3v) is 5.39. The van der Waals surface area contributed by atoms with Gasteiger partial charge in [0.15, 0.2) is 0 Å². The van der Waals surface area contributed by atoms with Crippen LogP contribution in [0.1, 0.15) is 12.6 Å². The van der Waals surface area contributed by atoms with E-state index in [0.29, 0.717) is 12.2 Å². The van der Waals surface area contributed by atoms with E-state index >= 15 is 0 Å². The number of benzene rings is 1. The van der Waals surface area contributed by atoms with Crippen LogP contribution in [0.4, 0.5) is 5.69 Å². The van der Waals surface area contributed by atoms with Crippen molar-refractivity contribution in [1.29, 1.82) is 0 Å². The average Bonchev–Trinajstić information content (AvgIpc) is 3.21. The van der Waals surface area contributed by atoms with Gasteiger partial charge in [-0.1, -0.05) is 6.07 Å². The van der Waals surface area contributed by atoms with Crippen molar-refractivity contribution < 1.29 is 0 Å². The molecule has 150 valence electrons. The van der Waals surface area contributed by atoms with Crippen LogP contribution in [-0.2, 0) is 13.6 Å². The number of nitrogen functional groups attached to an aromatic ring is 1. The summed E-state index contributed by atoms with van der Waals surface area (Å²) < 4.78 is 5.20. The van der Waals surface area contributed by atoms with E-state index in [0.717, 1.165) is 44.4 Å². The van der Waals surface area contributed by atoms with E-state index in [-0.39, 0.29) is 5.69 Å². The Morgan fingerprint density at radius 3 is 2.63 bits per heavy atom. The number of nitrogens with two attached hydrogens (primary N) is 1. The minimum absolute atomic E-state index is 0.103. The summed E-state index contributed by atoms with van der Waals surface area (Å²) >= 11 is 0. The number of nitrogens with zero attached hydrogens (tertiary/aromatic N) is 6. The minimum atomic E-state index is -0.103. The van der Waals surface area contributed by atoms with Crippen LogP contribution < -0.4 is 11.4 Å². The number of fused-ring (bicyclic) bond motifs is 3. The molecule has 0 unspecified atom stereocenters. The lowest BCUT2D eigenvalue weighted by Crippen LogP contribution is -2.22. The Bertz CT molecular complexity index is 1490. The first kappa shape index (κ1) is 18.1. The van der Waals surface area contributed by atoms with Gasteiger partial charge in [0.25, 0.3) is 0 Å². The van der Waals surface area contributed by atoms with E-state index in [1.807, 2.05) is 51.4 Å². The molecule has 0 atom stereocenters. The van der Waals surface area contributed by atoms with Crippen molar-refractivity contribution >= 4 is 27.6 Å². The molecule has 4 heterocycles. The summed E-state index contributed by atoms with van der Waals surface area (Å²) in [6, 6.07) is 7.88. The number of aryl methyl sites for hydroxylation is 3. The lowest BCUT2D eigenvalue weighted by atomic mass is 10.0. The monoisotopic (exact) mass is 399 g/mol. The molecule has 0 spiro atoms. The van der Waals surface area contributed by atoms with Gasteiger partial charge in [-0.3, -0.25) is 23.8 Å². The first-order valence-corrected chi connectivity index (χ1v) is 9.73. The zero-order chi connectivity index (χ0) is 21.0. The van der Waals surface area contributed by atoms with Gasteiger partial charge in [-0.15, -0.1) is 0 Å². The van der Waals surface area contributed by atoms with E-state index < -0.39 is 0 Å². The van der Waals surface area contributed by atoms with Gasteiger partial charge in [0, 0.05) is 43.1 Å². The second-order valence-corrected chi connectivity index (χ2v) is 7.37. The number of rotatable bonds is 3. The number of hydrogen-bond acceptors (Lipinski definition) is 5. The van der Waals surface area contributed by atoms with Crippen molar-refractivity contribution in [1.82, 2.24) is 28.9 Å². The Kier molecular flexibility index (Phi) is 3.95. The summed E-state index contributed by atoms with van der Waals surface area (Å²) in [7, 11) is 1.85. The number of pyridine rings is 2. The summed E-state index contributed by atoms with van der Waals surface area (Å²) in [5.41, 5.74) is 12.3. The van der Waals surface area contributed by atoms with Crippen LogP contribution >= 0.6 is 0 Å². The predicted molar refractivity (Wildman–Crippen MR) is 118 cm³/mol. The molecule has 2 N–H and O–H groups in total. The molecule has 5 rings (SSSR count). The fraction of sp³-hybridized carbons (Fsp3) is 0.182. The van der Waals surface area contributed by atoms with E-state index in [4.69, 9.17) is 5.73 Å². The summed E-state index contributed by atoms with van der Waals surface area (Å²) in [6.07, 6.45) is 7.04. The first-order chi connectivity index (χ1) is 14.5. The SMILES string of the molecule is CCn1c(=O)n(-c2cn(C)nc2C)c2c3cc(-c4cncc(N)c4)ccc3ncc21. The average molecular weight is 399 g/mol. The molecule has 0 bridgehead atoms. The number of imidazole rings is 1. The summed E-state index contributed by atoms with van der Waals surface area (Å²) in [4.78, 5) is 22.2. The molecule has 1 aromatic carbocycles. The zero-order valence-electron chi connectivity index (χ0n) is 17.0. The van der Waals surface area contributed by atoms with Gasteiger partial charge in [-0.2, -0.15) is 5.10 Å². The highest BCUT2D eigenvalue weighted by Gasteiger charge is 2.20. The van der Waals surface area contributed by atoms with Gasteiger partial charge in [0.05, 0.1) is 39.8 Å². The lowest BCUT2D eigenvalue weighted by molar-refractivity contribution is 0.732. The minimum Gasteiger partial charge on any atom is -0.397 e. The fourth-order valence-corrected chi connectivity index (χ4v) is 4.05. The van der Waals surface area contributed by atoms with Crippen molar-refractivity contribution in [3.8, 4) is 16.8 Å². The van der Waals surface area contributed by atoms with Crippen molar-refractivity contribution in [2.75, 3.05) is 5.73 Å². The van der Waals surface area contributed by atoms with Crippen LogP contribution in [0.3, 0.4) is 0 Å². The normalized spacial score (nSPS) is 11.6. The smallest absolute Gasteiger partial charge is 0.333 e. The molecule has 0 fully saturated rings. The van der Waals surface area contributed by atoms with Gasteiger partial charge in [0.2, 0.25) is 0 Å². The van der Waals surface area contributed by atoms with Crippen LogP contribution in [0.15, 0.2) is 53.8 Å². The third-order valence-electron chi connectivity index (χ3n) is 5.39. The molecule has 30 heavy (non-hydrogen) atoms. The van der Waals surface area contributed by atoms with Crippen LogP contribution in [0.2, 0.25) is 0 Å². The van der Waals surface area contributed by atoms with Crippen molar-refractivity contribution in [3.63, 3.8) is 0 Å². The molecule has 0 aliphatic rings. The van der Waals surface area contributed by atoms with Crippen molar-refractivity contribution in [2.24, 2.45) is 7.05 Å². The van der Waals surface area contributed by atoms with Crippen LogP contribution in [0.5, 0.6) is 0 Å². The maximum Gasteiger partial charge on any atom is 0.333 e. The molecule has 0 radical (unpaired) electrons. The summed E-state index contributed by atoms with van der Waals surface area (Å²) in [5.74, 6) is 0. The highest BCUT2D eigenvalue weighted by Crippen LogP contribution is 2.30. The Morgan fingerprint density at radius 1 is 1.10 bits per heavy atom. The molecule has 5 aromatic rings. The molecular formula is C22H21N7O. The number of hydrogen-bond donors (Lipinski definition) is 1. The number of aromatic nitrogens is 6. The molecule has 0 amide bonds. The Labute approximate surface area is 172 Å². The molecule has 8 heteroatoms. The molecule has 8 nitrogen and oxygen atoms in total. The maximum absolute atomic E-state index is 13.4. The topological polar surface area (TPSA) is 96.5 Å². The Balaban J connectivity index is 1.91. The zero-order valence-corrected chi connectivity index (χ0v) is 17.0. The maximum atomic E-state index is 13.4. The summed E-state index contributed by atoms with van der Waals surface area (Å²) in [6.45, 7) is 4.41. The van der Waals surface area contributed by atoms with Gasteiger partial charge in [-0.25, -0.2) is 4.79 Å². The second kappa shape index (κ2) is 6.55. The van der Waals surface area contributed by atoms with Crippen LogP contribution in [0, 0.1) is 6.92 Å². The highest BCUT2D eigenvalue weighted by atomic mass is 16.1. The van der Waals surface area contributed by atoms with Gasteiger partial charge < -0.3 is 5.73 Å². The highest BCUT2D eigenvalue weighted by molar-refractivity contribution is 6.04. The van der Waals surface area contributed by atoms with Crippen LogP contribution in [0.25, 0.3) is 38.8 Å². The first-order valence-electron chi connectivity index (χ1n) is 9.73. The molecular weight excluding hydrogens is 378 g/mol. The molecule has 0 aliphatic carbocycles. The number of anilines is 1. The Morgan fingerprint density at radius 2 is 1.93 bits per heavy atom. The second-order valence-electron chi connectivity index (χ2n) is 7.37. The largest absolute Gasteiger partial charge is 0.397 e. The summed E-state index contributed by atoms with van der Waals surface area (Å²) in [5, 5.41) is 5.32. The molecule has 4 aromatic heterocycles. The van der Waals surface area contributed by atoms with Gasteiger partial charge >= 0.3 is 5.69 Å². The molecule has 0 saturated heterocycles. The lowest BCUT2D eigenvalue weighted by Gasteiger charge is -2.08. The van der Waals surface area contributed by atoms with Gasteiger partial charge in [-0.05, 0) is 37.6 Å². The molecule has 0 aliphatic heterocycles. The van der Waals surface area contributed by atoms with Gasteiger partial charge in [0.1, 0.15) is 0 Å². The van der Waals surface area contributed by atoms with Crippen LogP contribution in [-0.4, -0.2) is 28.9 Å².